The molecule has 0 saturated carbocycles. The smallest absolute Gasteiger partial charge is 0.0767 e. The predicted octanol–water partition coefficient (Wildman–Crippen LogP) is 1.90. The molecule has 68 valence electrons. The lowest BCUT2D eigenvalue weighted by Crippen LogP contribution is -2.30. The van der Waals surface area contributed by atoms with Gasteiger partial charge in [-0.1, -0.05) is 20.8 Å². The van der Waals surface area contributed by atoms with Gasteiger partial charge in [-0.2, -0.15) is 0 Å². The third-order valence-electron chi connectivity index (χ3n) is 2.05. The fourth-order valence-electron chi connectivity index (χ4n) is 0.965. The van der Waals surface area contributed by atoms with E-state index in [0.717, 1.165) is 0 Å². The number of aliphatic hydroxyl groups excluding tert-OH is 1. The number of nitrogens with zero attached hydrogens (tertiary/aromatic N) is 1. The van der Waals surface area contributed by atoms with Crippen molar-refractivity contribution >= 4 is 0 Å². The molecule has 2 heteroatoms. The van der Waals surface area contributed by atoms with Crippen molar-refractivity contribution in [2.45, 2.75) is 33.4 Å². The van der Waals surface area contributed by atoms with Crippen molar-refractivity contribution in [2.24, 2.45) is 5.41 Å². The van der Waals surface area contributed by atoms with Crippen LogP contribution in [-0.4, -0.2) is 15.8 Å². The lowest BCUT2D eigenvalue weighted by molar-refractivity contribution is 0.0482. The lowest BCUT2D eigenvalue weighted by Gasteiger charge is -2.26. The first-order chi connectivity index (χ1) is 5.50. The molecule has 0 spiro atoms. The van der Waals surface area contributed by atoms with E-state index >= 15 is 0 Å². The molecule has 1 heterocycles. The Balaban J connectivity index is 2.53. The highest BCUT2D eigenvalue weighted by Gasteiger charge is 2.21. The Morgan fingerprint density at radius 1 is 1.25 bits per heavy atom. The standard InChI is InChI=1S/C10H17NO/c1-10(2,3)9(12)8-11-6-4-5-7-11/h4-7,9,12H,8H2,1-3H3. The average molecular weight is 167 g/mol. The number of hydrogen-bond donors (Lipinski definition) is 1. The van der Waals surface area contributed by atoms with E-state index in [1.807, 2.05) is 49.9 Å². The fourth-order valence-corrected chi connectivity index (χ4v) is 0.965. The van der Waals surface area contributed by atoms with E-state index in [1.165, 1.54) is 0 Å². The van der Waals surface area contributed by atoms with Gasteiger partial charge in [-0.15, -0.1) is 0 Å². The zero-order chi connectivity index (χ0) is 9.19. The van der Waals surface area contributed by atoms with Gasteiger partial charge in [-0.3, -0.25) is 0 Å². The Morgan fingerprint density at radius 2 is 1.75 bits per heavy atom. The fraction of sp³-hybridized carbons (Fsp3) is 0.600. The Bertz CT molecular complexity index is 220. The highest BCUT2D eigenvalue weighted by molar-refractivity contribution is 4.91. The first-order valence-corrected chi connectivity index (χ1v) is 4.29. The van der Waals surface area contributed by atoms with Crippen molar-refractivity contribution in [3.63, 3.8) is 0 Å². The van der Waals surface area contributed by atoms with Crippen LogP contribution in [0.2, 0.25) is 0 Å². The minimum atomic E-state index is -0.287. The number of hydrogen-bond acceptors (Lipinski definition) is 1. The van der Waals surface area contributed by atoms with E-state index in [0.29, 0.717) is 6.54 Å². The average Bonchev–Trinajstić information content (AvgIpc) is 2.37. The van der Waals surface area contributed by atoms with Crippen molar-refractivity contribution in [3.05, 3.63) is 24.5 Å². The third-order valence-corrected chi connectivity index (χ3v) is 2.05. The van der Waals surface area contributed by atoms with Gasteiger partial charge < -0.3 is 9.67 Å². The summed E-state index contributed by atoms with van der Waals surface area (Å²) in [6.07, 6.45) is 3.65. The van der Waals surface area contributed by atoms with Gasteiger partial charge in [0.05, 0.1) is 6.10 Å². The van der Waals surface area contributed by atoms with Crippen LogP contribution in [0.1, 0.15) is 20.8 Å². The Hall–Kier alpha value is -0.760. The second kappa shape index (κ2) is 3.31. The summed E-state index contributed by atoms with van der Waals surface area (Å²) in [5.74, 6) is 0. The van der Waals surface area contributed by atoms with E-state index < -0.39 is 0 Å². The molecule has 0 amide bonds. The topological polar surface area (TPSA) is 25.2 Å². The molecule has 0 fully saturated rings. The molecule has 0 radical (unpaired) electrons. The zero-order valence-electron chi connectivity index (χ0n) is 7.99. The van der Waals surface area contributed by atoms with Crippen molar-refractivity contribution in [1.82, 2.24) is 4.57 Å². The molecule has 1 aromatic rings. The van der Waals surface area contributed by atoms with Gasteiger partial charge in [-0.25, -0.2) is 0 Å². The van der Waals surface area contributed by atoms with Crippen LogP contribution in [0.25, 0.3) is 0 Å². The van der Waals surface area contributed by atoms with E-state index in [-0.39, 0.29) is 11.5 Å². The molecule has 0 saturated heterocycles. The maximum atomic E-state index is 9.74. The van der Waals surface area contributed by atoms with E-state index in [1.54, 1.807) is 0 Å². The number of aromatic nitrogens is 1. The molecule has 0 aliphatic rings. The van der Waals surface area contributed by atoms with Crippen molar-refractivity contribution in [3.8, 4) is 0 Å². The monoisotopic (exact) mass is 167 g/mol. The molecule has 1 unspecified atom stereocenters. The summed E-state index contributed by atoms with van der Waals surface area (Å²) in [6, 6.07) is 3.94. The molecule has 2 nitrogen and oxygen atoms in total. The minimum Gasteiger partial charge on any atom is -0.391 e. The van der Waals surface area contributed by atoms with Crippen molar-refractivity contribution in [1.29, 1.82) is 0 Å². The van der Waals surface area contributed by atoms with Crippen LogP contribution in [0, 0.1) is 5.41 Å². The van der Waals surface area contributed by atoms with E-state index in [2.05, 4.69) is 0 Å². The number of aliphatic hydroxyl groups is 1. The minimum absolute atomic E-state index is 0.0374. The third kappa shape index (κ3) is 2.38. The quantitative estimate of drug-likeness (QED) is 0.715. The first kappa shape index (κ1) is 9.33. The van der Waals surface area contributed by atoms with Crippen LogP contribution < -0.4 is 0 Å². The highest BCUT2D eigenvalue weighted by atomic mass is 16.3. The second-order valence-corrected chi connectivity index (χ2v) is 4.26. The van der Waals surface area contributed by atoms with Gasteiger partial charge in [0, 0.05) is 18.9 Å². The van der Waals surface area contributed by atoms with Gasteiger partial charge >= 0.3 is 0 Å². The van der Waals surface area contributed by atoms with Crippen LogP contribution >= 0.6 is 0 Å². The van der Waals surface area contributed by atoms with E-state index in [4.69, 9.17) is 0 Å². The van der Waals surface area contributed by atoms with Crippen LogP contribution in [0.5, 0.6) is 0 Å². The summed E-state index contributed by atoms with van der Waals surface area (Å²) >= 11 is 0. The molecular weight excluding hydrogens is 150 g/mol. The maximum Gasteiger partial charge on any atom is 0.0767 e. The Kier molecular flexibility index (Phi) is 2.58. The first-order valence-electron chi connectivity index (χ1n) is 4.29. The molecule has 12 heavy (non-hydrogen) atoms. The van der Waals surface area contributed by atoms with E-state index in [9.17, 15) is 5.11 Å². The summed E-state index contributed by atoms with van der Waals surface area (Å²) in [5, 5.41) is 9.74. The summed E-state index contributed by atoms with van der Waals surface area (Å²) in [5.41, 5.74) is -0.0374. The summed E-state index contributed by atoms with van der Waals surface area (Å²) in [6.45, 7) is 6.81. The summed E-state index contributed by atoms with van der Waals surface area (Å²) in [4.78, 5) is 0. The SMILES string of the molecule is CC(C)(C)C(O)Cn1cccc1. The Morgan fingerprint density at radius 3 is 2.17 bits per heavy atom. The predicted molar refractivity (Wildman–Crippen MR) is 49.9 cm³/mol. The van der Waals surface area contributed by atoms with Gasteiger partial charge in [0.2, 0.25) is 0 Å². The molecular formula is C10H17NO. The van der Waals surface area contributed by atoms with Crippen LogP contribution in [0.4, 0.5) is 0 Å². The zero-order valence-corrected chi connectivity index (χ0v) is 7.99. The van der Waals surface area contributed by atoms with Crippen molar-refractivity contribution in [2.75, 3.05) is 0 Å². The van der Waals surface area contributed by atoms with Gasteiger partial charge in [0.15, 0.2) is 0 Å². The number of rotatable bonds is 2. The maximum absolute atomic E-state index is 9.74. The largest absolute Gasteiger partial charge is 0.391 e. The Labute approximate surface area is 73.8 Å². The molecule has 1 atom stereocenters. The molecule has 0 bridgehead atoms. The highest BCUT2D eigenvalue weighted by Crippen LogP contribution is 2.20. The molecule has 1 N–H and O–H groups in total. The van der Waals surface area contributed by atoms with Gasteiger partial charge in [0.1, 0.15) is 0 Å². The lowest BCUT2D eigenvalue weighted by atomic mass is 9.89. The summed E-state index contributed by atoms with van der Waals surface area (Å²) < 4.78 is 2.00. The summed E-state index contributed by atoms with van der Waals surface area (Å²) in [7, 11) is 0. The molecule has 0 aromatic carbocycles. The van der Waals surface area contributed by atoms with Crippen LogP contribution in [0.3, 0.4) is 0 Å². The molecule has 1 rings (SSSR count). The molecule has 1 aromatic heterocycles. The van der Waals surface area contributed by atoms with Gasteiger partial charge in [-0.05, 0) is 17.5 Å². The molecule has 0 aliphatic carbocycles. The molecule has 0 aliphatic heterocycles. The van der Waals surface area contributed by atoms with Crippen LogP contribution in [0.15, 0.2) is 24.5 Å². The second-order valence-electron chi connectivity index (χ2n) is 4.26. The van der Waals surface area contributed by atoms with Crippen molar-refractivity contribution < 1.29 is 5.11 Å². The van der Waals surface area contributed by atoms with Crippen LogP contribution in [-0.2, 0) is 6.54 Å². The normalized spacial score (nSPS) is 14.7. The van der Waals surface area contributed by atoms with Gasteiger partial charge in [0.25, 0.3) is 0 Å².